The van der Waals surface area contributed by atoms with E-state index in [1.807, 2.05) is 0 Å². The molecule has 0 aromatic rings. The van der Waals surface area contributed by atoms with Crippen molar-refractivity contribution in [2.45, 2.75) is 31.7 Å². The second kappa shape index (κ2) is 5.17. The molecule has 4 heteroatoms. The van der Waals surface area contributed by atoms with Gasteiger partial charge in [0, 0.05) is 19.1 Å². The van der Waals surface area contributed by atoms with E-state index < -0.39 is 5.97 Å². The van der Waals surface area contributed by atoms with E-state index in [2.05, 4.69) is 4.90 Å². The number of carbonyl (C=O) groups is 1. The summed E-state index contributed by atoms with van der Waals surface area (Å²) in [6, 6.07) is 0.533. The zero-order valence-electron chi connectivity index (χ0n) is 7.71. The monoisotopic (exact) mass is 189 g/mol. The molecule has 1 rings (SSSR count). The lowest BCUT2D eigenvalue weighted by Crippen LogP contribution is -2.29. The molecule has 0 unspecified atom stereocenters. The maximum absolute atomic E-state index is 11.9. The Balaban J connectivity index is 2.17. The zero-order valence-corrected chi connectivity index (χ0v) is 7.71. The van der Waals surface area contributed by atoms with Gasteiger partial charge in [0.15, 0.2) is 0 Å². The molecule has 1 fully saturated rings. The van der Waals surface area contributed by atoms with Gasteiger partial charge >= 0.3 is 5.97 Å². The first kappa shape index (κ1) is 10.4. The molecule has 0 bridgehead atoms. The Bertz CT molecular complexity index is 171. The summed E-state index contributed by atoms with van der Waals surface area (Å²) in [6.07, 6.45) is 2.98. The van der Waals surface area contributed by atoms with Crippen LogP contribution in [-0.4, -0.2) is 41.8 Å². The lowest BCUT2D eigenvalue weighted by atomic mass is 10.3. The van der Waals surface area contributed by atoms with E-state index >= 15 is 0 Å². The van der Waals surface area contributed by atoms with Crippen LogP contribution in [0.15, 0.2) is 0 Å². The van der Waals surface area contributed by atoms with Gasteiger partial charge in [-0.15, -0.1) is 0 Å². The summed E-state index contributed by atoms with van der Waals surface area (Å²) in [6.45, 7) is 0.963. The maximum atomic E-state index is 11.9. The van der Waals surface area contributed by atoms with Gasteiger partial charge in [0.1, 0.15) is 0 Å². The van der Waals surface area contributed by atoms with E-state index in [1.165, 1.54) is 0 Å². The Kier molecular flexibility index (Phi) is 4.15. The second-order valence-corrected chi connectivity index (χ2v) is 3.45. The second-order valence-electron chi connectivity index (χ2n) is 3.45. The minimum atomic E-state index is -0.772. The molecule has 1 N–H and O–H groups in total. The van der Waals surface area contributed by atoms with Crippen LogP contribution in [-0.2, 0) is 4.79 Å². The van der Waals surface area contributed by atoms with Crippen LogP contribution in [0.2, 0.25) is 0 Å². The average molecular weight is 189 g/mol. The minimum absolute atomic E-state index is 0.169. The van der Waals surface area contributed by atoms with Crippen LogP contribution in [0.5, 0.6) is 0 Å². The third-order valence-electron chi connectivity index (χ3n) is 2.26. The number of nitrogens with zero attached hydrogens (tertiary/aromatic N) is 1. The van der Waals surface area contributed by atoms with Crippen molar-refractivity contribution in [1.82, 2.24) is 4.90 Å². The Morgan fingerprint density at radius 3 is 2.62 bits per heavy atom. The van der Waals surface area contributed by atoms with E-state index in [1.54, 1.807) is 0 Å². The quantitative estimate of drug-likeness (QED) is 0.656. The van der Waals surface area contributed by atoms with Crippen molar-refractivity contribution in [3.8, 4) is 0 Å². The van der Waals surface area contributed by atoms with Gasteiger partial charge in [0.05, 0.1) is 13.1 Å². The fraction of sp³-hybridized carbons (Fsp3) is 0.889. The fourth-order valence-electron chi connectivity index (χ4n) is 1.42. The van der Waals surface area contributed by atoms with Crippen molar-refractivity contribution in [2.24, 2.45) is 0 Å². The van der Waals surface area contributed by atoms with Gasteiger partial charge in [-0.2, -0.15) is 0 Å². The van der Waals surface area contributed by atoms with Crippen LogP contribution in [0.25, 0.3) is 0 Å². The standard InChI is InChI=1S/C9H16FNO2/c10-5-1-6-11(8-2-3-8)7-4-9(12)13/h8H,1-7H2,(H,12,13). The molecule has 3 nitrogen and oxygen atoms in total. The molecular formula is C9H16FNO2. The van der Waals surface area contributed by atoms with E-state index in [9.17, 15) is 9.18 Å². The number of carboxylic acid groups (broad SMARTS) is 1. The summed E-state index contributed by atoms with van der Waals surface area (Å²) >= 11 is 0. The highest BCUT2D eigenvalue weighted by Crippen LogP contribution is 2.26. The van der Waals surface area contributed by atoms with Crippen LogP contribution < -0.4 is 0 Å². The number of carboxylic acids is 1. The molecule has 0 spiro atoms. The lowest BCUT2D eigenvalue weighted by molar-refractivity contribution is -0.137. The number of hydrogen-bond donors (Lipinski definition) is 1. The molecule has 1 aliphatic rings. The van der Waals surface area contributed by atoms with E-state index in [0.717, 1.165) is 12.8 Å². The maximum Gasteiger partial charge on any atom is 0.304 e. The Morgan fingerprint density at radius 2 is 2.15 bits per heavy atom. The minimum Gasteiger partial charge on any atom is -0.481 e. The van der Waals surface area contributed by atoms with Crippen LogP contribution >= 0.6 is 0 Å². The molecule has 0 aromatic carbocycles. The molecule has 0 saturated heterocycles. The summed E-state index contributed by atoms with van der Waals surface area (Å²) in [7, 11) is 0. The molecule has 0 aliphatic heterocycles. The highest BCUT2D eigenvalue weighted by atomic mass is 19.1. The first-order chi connectivity index (χ1) is 6.24. The van der Waals surface area contributed by atoms with Gasteiger partial charge in [0.25, 0.3) is 0 Å². The third-order valence-corrected chi connectivity index (χ3v) is 2.26. The Hall–Kier alpha value is -0.640. The van der Waals surface area contributed by atoms with Crippen molar-refractivity contribution >= 4 is 5.97 Å². The number of alkyl halides is 1. The molecule has 0 atom stereocenters. The molecule has 0 amide bonds. The molecule has 13 heavy (non-hydrogen) atoms. The predicted molar refractivity (Wildman–Crippen MR) is 47.4 cm³/mol. The first-order valence-corrected chi connectivity index (χ1v) is 4.76. The fourth-order valence-corrected chi connectivity index (χ4v) is 1.42. The Morgan fingerprint density at radius 1 is 1.46 bits per heavy atom. The van der Waals surface area contributed by atoms with Crippen LogP contribution in [0, 0.1) is 0 Å². The SMILES string of the molecule is O=C(O)CCN(CCCF)C1CC1. The van der Waals surface area contributed by atoms with Crippen molar-refractivity contribution in [3.63, 3.8) is 0 Å². The van der Waals surface area contributed by atoms with Gasteiger partial charge in [-0.3, -0.25) is 14.1 Å². The number of halogens is 1. The molecule has 1 aliphatic carbocycles. The van der Waals surface area contributed by atoms with Gasteiger partial charge in [-0.25, -0.2) is 0 Å². The normalized spacial score (nSPS) is 16.5. The van der Waals surface area contributed by atoms with Crippen LogP contribution in [0.3, 0.4) is 0 Å². The highest BCUT2D eigenvalue weighted by Gasteiger charge is 2.28. The molecule has 1 saturated carbocycles. The molecule has 0 radical (unpaired) electrons. The van der Waals surface area contributed by atoms with E-state index in [4.69, 9.17) is 5.11 Å². The van der Waals surface area contributed by atoms with Crippen molar-refractivity contribution in [1.29, 1.82) is 0 Å². The van der Waals surface area contributed by atoms with Crippen molar-refractivity contribution in [3.05, 3.63) is 0 Å². The summed E-state index contributed by atoms with van der Waals surface area (Å²) in [5.74, 6) is -0.772. The predicted octanol–water partition coefficient (Wildman–Crippen LogP) is 1.29. The van der Waals surface area contributed by atoms with Crippen LogP contribution in [0.1, 0.15) is 25.7 Å². The number of hydrogen-bond acceptors (Lipinski definition) is 2. The highest BCUT2D eigenvalue weighted by molar-refractivity contribution is 5.66. The summed E-state index contributed by atoms with van der Waals surface area (Å²) in [4.78, 5) is 12.4. The molecule has 0 heterocycles. The summed E-state index contributed by atoms with van der Waals surface area (Å²) in [5.41, 5.74) is 0. The van der Waals surface area contributed by atoms with Gasteiger partial charge in [-0.05, 0) is 19.3 Å². The van der Waals surface area contributed by atoms with Crippen molar-refractivity contribution in [2.75, 3.05) is 19.8 Å². The van der Waals surface area contributed by atoms with Gasteiger partial charge < -0.3 is 5.11 Å². The molecule has 76 valence electrons. The third kappa shape index (κ3) is 4.22. The summed E-state index contributed by atoms with van der Waals surface area (Å²) in [5, 5.41) is 8.49. The van der Waals surface area contributed by atoms with Gasteiger partial charge in [-0.1, -0.05) is 0 Å². The summed E-state index contributed by atoms with van der Waals surface area (Å²) < 4.78 is 11.9. The topological polar surface area (TPSA) is 40.5 Å². The largest absolute Gasteiger partial charge is 0.481 e. The average Bonchev–Trinajstić information content (AvgIpc) is 2.87. The molecular weight excluding hydrogens is 173 g/mol. The lowest BCUT2D eigenvalue weighted by Gasteiger charge is -2.19. The number of aliphatic carboxylic acids is 1. The van der Waals surface area contributed by atoms with Gasteiger partial charge in [0.2, 0.25) is 0 Å². The smallest absolute Gasteiger partial charge is 0.304 e. The number of rotatable bonds is 7. The van der Waals surface area contributed by atoms with Crippen LogP contribution in [0.4, 0.5) is 4.39 Å². The first-order valence-electron chi connectivity index (χ1n) is 4.76. The Labute approximate surface area is 77.5 Å². The van der Waals surface area contributed by atoms with Crippen molar-refractivity contribution < 1.29 is 14.3 Å². The van der Waals surface area contributed by atoms with E-state index in [0.29, 0.717) is 25.6 Å². The molecule has 0 aromatic heterocycles. The van der Waals surface area contributed by atoms with E-state index in [-0.39, 0.29) is 13.1 Å². The zero-order chi connectivity index (χ0) is 9.68.